The van der Waals surface area contributed by atoms with Crippen LogP contribution in [0.1, 0.15) is 58.1 Å². The first-order chi connectivity index (χ1) is 11.3. The molecule has 5 atom stereocenters. The van der Waals surface area contributed by atoms with Gasteiger partial charge in [-0.1, -0.05) is 19.4 Å². The molecule has 3 aliphatic rings. The predicted molar refractivity (Wildman–Crippen MR) is 88.0 cm³/mol. The van der Waals surface area contributed by atoms with Crippen molar-refractivity contribution in [1.82, 2.24) is 0 Å². The summed E-state index contributed by atoms with van der Waals surface area (Å²) in [5.74, 6) is 0.147. The van der Waals surface area contributed by atoms with Gasteiger partial charge in [-0.2, -0.15) is 0 Å². The zero-order valence-electron chi connectivity index (χ0n) is 14.5. The van der Waals surface area contributed by atoms with Crippen molar-refractivity contribution in [3.05, 3.63) is 35.8 Å². The average Bonchev–Trinajstić information content (AvgIpc) is 3.03. The molecule has 1 saturated heterocycles. The predicted octanol–water partition coefficient (Wildman–Crippen LogP) is 4.23. The molecule has 4 heteroatoms. The van der Waals surface area contributed by atoms with Gasteiger partial charge in [-0.15, -0.1) is 0 Å². The second-order valence-corrected chi connectivity index (χ2v) is 8.25. The highest BCUT2D eigenvalue weighted by molar-refractivity contribution is 5.92. The molecule has 0 radical (unpaired) electrons. The number of allylic oxidation sites excluding steroid dienone is 2. The monoisotopic (exact) mass is 328 g/mol. The molecule has 1 saturated carbocycles. The van der Waals surface area contributed by atoms with Crippen LogP contribution in [0.2, 0.25) is 0 Å². The molecular weight excluding hydrogens is 304 g/mol. The second-order valence-electron chi connectivity index (χ2n) is 8.25. The Kier molecular flexibility index (Phi) is 3.32. The van der Waals surface area contributed by atoms with E-state index in [1.54, 1.807) is 12.5 Å². The molecule has 1 aliphatic heterocycles. The molecule has 1 aromatic heterocycles. The first kappa shape index (κ1) is 15.7. The zero-order valence-corrected chi connectivity index (χ0v) is 14.5. The lowest BCUT2D eigenvalue weighted by atomic mass is 9.46. The number of carbonyl (C=O) groups excluding carboxylic acids is 2. The fraction of sp³-hybridized carbons (Fsp3) is 0.600. The molecule has 0 amide bonds. The number of esters is 1. The molecule has 0 spiro atoms. The summed E-state index contributed by atoms with van der Waals surface area (Å²) in [5, 5.41) is 0. The summed E-state index contributed by atoms with van der Waals surface area (Å²) >= 11 is 0. The Bertz CT molecular complexity index is 716. The molecule has 1 aromatic rings. The van der Waals surface area contributed by atoms with Crippen molar-refractivity contribution in [3.63, 3.8) is 0 Å². The fourth-order valence-corrected chi connectivity index (χ4v) is 5.49. The Balaban J connectivity index is 1.76. The van der Waals surface area contributed by atoms with Crippen LogP contribution in [0.3, 0.4) is 0 Å². The van der Waals surface area contributed by atoms with E-state index in [1.165, 1.54) is 5.57 Å². The summed E-state index contributed by atoms with van der Waals surface area (Å²) in [6.45, 7) is 6.53. The van der Waals surface area contributed by atoms with Crippen molar-refractivity contribution >= 4 is 11.8 Å². The summed E-state index contributed by atoms with van der Waals surface area (Å²) in [5.41, 5.74) is 1.85. The number of hydrogen-bond donors (Lipinski definition) is 0. The molecule has 2 aliphatic carbocycles. The van der Waals surface area contributed by atoms with Gasteiger partial charge in [0.15, 0.2) is 5.78 Å². The van der Waals surface area contributed by atoms with E-state index >= 15 is 0 Å². The number of fused-ring (bicyclic) bond motifs is 3. The number of cyclic esters (lactones) is 1. The SMILES string of the molecule is CC1=CC(=O)C[C@@H]2[C@@]3(C)C[C@@H](c4ccoc4)OC(=O)[C@@H]3CC[C@@]12C. The van der Waals surface area contributed by atoms with Gasteiger partial charge in [-0.3, -0.25) is 9.59 Å². The molecular formula is C20H24O4. The zero-order chi connectivity index (χ0) is 17.1. The van der Waals surface area contributed by atoms with E-state index in [0.29, 0.717) is 6.42 Å². The van der Waals surface area contributed by atoms with Gasteiger partial charge in [0.1, 0.15) is 6.10 Å². The Morgan fingerprint density at radius 3 is 2.75 bits per heavy atom. The van der Waals surface area contributed by atoms with Crippen LogP contribution in [-0.4, -0.2) is 11.8 Å². The number of carbonyl (C=O) groups is 2. The van der Waals surface area contributed by atoms with E-state index in [-0.39, 0.29) is 40.5 Å². The molecule has 0 bridgehead atoms. The smallest absolute Gasteiger partial charge is 0.310 e. The number of ether oxygens (including phenoxy) is 1. The van der Waals surface area contributed by atoms with Gasteiger partial charge < -0.3 is 9.15 Å². The molecule has 24 heavy (non-hydrogen) atoms. The van der Waals surface area contributed by atoms with Crippen molar-refractivity contribution in [1.29, 1.82) is 0 Å². The summed E-state index contributed by atoms with van der Waals surface area (Å²) in [6, 6.07) is 1.86. The molecule has 4 rings (SSSR count). The topological polar surface area (TPSA) is 56.5 Å². The summed E-state index contributed by atoms with van der Waals surface area (Å²) in [7, 11) is 0. The molecule has 0 unspecified atom stereocenters. The first-order valence-corrected chi connectivity index (χ1v) is 8.79. The summed E-state index contributed by atoms with van der Waals surface area (Å²) in [4.78, 5) is 25.0. The largest absolute Gasteiger partial charge is 0.472 e. The maximum Gasteiger partial charge on any atom is 0.310 e. The van der Waals surface area contributed by atoms with Gasteiger partial charge in [0.2, 0.25) is 0 Å². The highest BCUT2D eigenvalue weighted by atomic mass is 16.5. The van der Waals surface area contributed by atoms with Crippen molar-refractivity contribution < 1.29 is 18.7 Å². The second kappa shape index (κ2) is 5.08. The van der Waals surface area contributed by atoms with E-state index in [1.807, 2.05) is 12.1 Å². The van der Waals surface area contributed by atoms with Crippen molar-refractivity contribution in [2.24, 2.45) is 22.7 Å². The van der Waals surface area contributed by atoms with E-state index in [2.05, 4.69) is 20.8 Å². The quantitative estimate of drug-likeness (QED) is 0.724. The highest BCUT2D eigenvalue weighted by Gasteiger charge is 2.60. The molecule has 0 N–H and O–H groups in total. The molecule has 2 fully saturated rings. The van der Waals surface area contributed by atoms with Crippen LogP contribution < -0.4 is 0 Å². The molecule has 0 aromatic carbocycles. The molecule has 128 valence electrons. The number of rotatable bonds is 1. The van der Waals surface area contributed by atoms with E-state index in [9.17, 15) is 9.59 Å². The molecule has 2 heterocycles. The van der Waals surface area contributed by atoms with Crippen LogP contribution in [0.15, 0.2) is 34.7 Å². The normalized spacial score (nSPS) is 42.0. The van der Waals surface area contributed by atoms with Gasteiger partial charge >= 0.3 is 5.97 Å². The van der Waals surface area contributed by atoms with E-state index in [0.717, 1.165) is 24.8 Å². The molecule has 4 nitrogen and oxygen atoms in total. The van der Waals surface area contributed by atoms with Crippen molar-refractivity contribution in [2.45, 2.75) is 52.6 Å². The van der Waals surface area contributed by atoms with Crippen LogP contribution >= 0.6 is 0 Å². The Labute approximate surface area is 142 Å². The van der Waals surface area contributed by atoms with Crippen LogP contribution in [0.25, 0.3) is 0 Å². The van der Waals surface area contributed by atoms with Crippen LogP contribution in [-0.2, 0) is 14.3 Å². The Morgan fingerprint density at radius 1 is 1.25 bits per heavy atom. The average molecular weight is 328 g/mol. The van der Waals surface area contributed by atoms with Crippen LogP contribution in [0.5, 0.6) is 0 Å². The van der Waals surface area contributed by atoms with Gasteiger partial charge in [0.25, 0.3) is 0 Å². The Hall–Kier alpha value is -1.84. The van der Waals surface area contributed by atoms with E-state index in [4.69, 9.17) is 9.15 Å². The van der Waals surface area contributed by atoms with Crippen molar-refractivity contribution in [3.8, 4) is 0 Å². The fourth-order valence-electron chi connectivity index (χ4n) is 5.49. The van der Waals surface area contributed by atoms with Crippen molar-refractivity contribution in [2.75, 3.05) is 0 Å². The number of hydrogen-bond acceptors (Lipinski definition) is 4. The van der Waals surface area contributed by atoms with Gasteiger partial charge in [0.05, 0.1) is 18.4 Å². The number of ketones is 1. The third-order valence-corrected chi connectivity index (χ3v) is 7.08. The maximum atomic E-state index is 12.7. The summed E-state index contributed by atoms with van der Waals surface area (Å²) in [6.07, 6.45) is 7.87. The third-order valence-electron chi connectivity index (χ3n) is 7.08. The van der Waals surface area contributed by atoms with Crippen LogP contribution in [0, 0.1) is 22.7 Å². The van der Waals surface area contributed by atoms with E-state index < -0.39 is 0 Å². The Morgan fingerprint density at radius 2 is 2.04 bits per heavy atom. The maximum absolute atomic E-state index is 12.7. The standard InChI is InChI=1S/C20H24O4/c1-12-8-14(21)9-17-19(12,2)6-4-15-18(22)24-16(10-20(15,17)3)13-5-7-23-11-13/h5,7-8,11,15-17H,4,6,9-10H2,1-3H3/t15-,16-,17-,19-,20-/m0/s1. The van der Waals surface area contributed by atoms with Gasteiger partial charge in [-0.05, 0) is 55.1 Å². The lowest BCUT2D eigenvalue weighted by molar-refractivity contribution is -0.191. The van der Waals surface area contributed by atoms with Gasteiger partial charge in [-0.25, -0.2) is 0 Å². The third kappa shape index (κ3) is 2.04. The lowest BCUT2D eigenvalue weighted by Gasteiger charge is -2.59. The minimum atomic E-state index is -0.277. The van der Waals surface area contributed by atoms with Gasteiger partial charge in [0, 0.05) is 12.0 Å². The minimum Gasteiger partial charge on any atom is -0.472 e. The number of furan rings is 1. The first-order valence-electron chi connectivity index (χ1n) is 8.79. The van der Waals surface area contributed by atoms with Crippen LogP contribution in [0.4, 0.5) is 0 Å². The summed E-state index contributed by atoms with van der Waals surface area (Å²) < 4.78 is 10.9. The highest BCUT2D eigenvalue weighted by Crippen LogP contribution is 2.64. The lowest BCUT2D eigenvalue weighted by Crippen LogP contribution is -2.56. The minimum absolute atomic E-state index is 0.00226.